The number of rotatable bonds is 7. The second-order valence-electron chi connectivity index (χ2n) is 6.69. The lowest BCUT2D eigenvalue weighted by Gasteiger charge is -2.35. The van der Waals surface area contributed by atoms with Crippen LogP contribution in [0.2, 0.25) is 5.02 Å². The predicted octanol–water partition coefficient (Wildman–Crippen LogP) is 3.51. The molecule has 0 aromatic heterocycles. The van der Waals surface area contributed by atoms with E-state index < -0.39 is 0 Å². The summed E-state index contributed by atoms with van der Waals surface area (Å²) in [6, 6.07) is 12.8. The quantitative estimate of drug-likeness (QED) is 0.766. The summed E-state index contributed by atoms with van der Waals surface area (Å²) < 4.78 is 11.0. The molecule has 0 saturated carbocycles. The number of piperazine rings is 1. The van der Waals surface area contributed by atoms with Gasteiger partial charge in [0.25, 0.3) is 5.91 Å². The zero-order valence-corrected chi connectivity index (χ0v) is 17.0. The lowest BCUT2D eigenvalue weighted by Crippen LogP contribution is -2.44. The summed E-state index contributed by atoms with van der Waals surface area (Å²) >= 11 is 6.15. The molecule has 2 aromatic carbocycles. The molecule has 1 aliphatic rings. The van der Waals surface area contributed by atoms with Crippen LogP contribution in [0.5, 0.6) is 11.5 Å². The molecule has 28 heavy (non-hydrogen) atoms. The van der Waals surface area contributed by atoms with Crippen LogP contribution in [0.15, 0.2) is 42.5 Å². The predicted molar refractivity (Wildman–Crippen MR) is 113 cm³/mol. The summed E-state index contributed by atoms with van der Waals surface area (Å²) in [4.78, 5) is 17.0. The molecule has 0 spiro atoms. The molecule has 0 bridgehead atoms. The van der Waals surface area contributed by atoms with Crippen LogP contribution in [-0.4, -0.2) is 57.2 Å². The molecule has 1 N–H and O–H groups in total. The van der Waals surface area contributed by atoms with E-state index in [1.54, 1.807) is 18.2 Å². The summed E-state index contributed by atoms with van der Waals surface area (Å²) in [6.07, 6.45) is 0. The highest BCUT2D eigenvalue weighted by molar-refractivity contribution is 6.31. The lowest BCUT2D eigenvalue weighted by atomic mass is 10.2. The van der Waals surface area contributed by atoms with Gasteiger partial charge in [0.05, 0.1) is 18.0 Å². The zero-order chi connectivity index (χ0) is 19.9. The Morgan fingerprint density at radius 1 is 1.04 bits per heavy atom. The van der Waals surface area contributed by atoms with Gasteiger partial charge in [0.1, 0.15) is 11.5 Å². The van der Waals surface area contributed by atoms with Gasteiger partial charge < -0.3 is 24.6 Å². The molecule has 1 saturated heterocycles. The first kappa shape index (κ1) is 20.3. The molecule has 150 valence electrons. The SMILES string of the molecule is CCOc1ccc(OCC(=O)Nc2cc(Cl)ccc2N2CCN(C)CC2)cc1. The highest BCUT2D eigenvalue weighted by atomic mass is 35.5. The molecule has 2 aromatic rings. The van der Waals surface area contributed by atoms with Crippen LogP contribution in [0.4, 0.5) is 11.4 Å². The second kappa shape index (κ2) is 9.66. The van der Waals surface area contributed by atoms with Crippen LogP contribution < -0.4 is 19.7 Å². The minimum atomic E-state index is -0.230. The molecular weight excluding hydrogens is 378 g/mol. The average molecular weight is 404 g/mol. The van der Waals surface area contributed by atoms with Gasteiger partial charge in [-0.2, -0.15) is 0 Å². The van der Waals surface area contributed by atoms with E-state index in [1.165, 1.54) is 0 Å². The first-order chi connectivity index (χ1) is 13.5. The molecule has 6 nitrogen and oxygen atoms in total. The van der Waals surface area contributed by atoms with Gasteiger partial charge >= 0.3 is 0 Å². The summed E-state index contributed by atoms with van der Waals surface area (Å²) in [5.41, 5.74) is 1.68. The Hall–Kier alpha value is -2.44. The van der Waals surface area contributed by atoms with Gasteiger partial charge in [0.15, 0.2) is 6.61 Å². The standard InChI is InChI=1S/C21H26ClN3O3/c1-3-27-17-5-7-18(8-6-17)28-15-21(26)23-19-14-16(22)4-9-20(19)25-12-10-24(2)11-13-25/h4-9,14H,3,10-13,15H2,1-2H3,(H,23,26). The van der Waals surface area contributed by atoms with E-state index in [4.69, 9.17) is 21.1 Å². The van der Waals surface area contributed by atoms with Crippen molar-refractivity contribution >= 4 is 28.9 Å². The number of hydrogen-bond acceptors (Lipinski definition) is 5. The fourth-order valence-electron chi connectivity index (χ4n) is 3.07. The fraction of sp³-hybridized carbons (Fsp3) is 0.381. The third kappa shape index (κ3) is 5.53. The number of anilines is 2. The molecule has 7 heteroatoms. The smallest absolute Gasteiger partial charge is 0.262 e. The number of nitrogens with one attached hydrogen (secondary N) is 1. The Morgan fingerprint density at radius 2 is 1.68 bits per heavy atom. The van der Waals surface area contributed by atoms with Crippen LogP contribution in [0.3, 0.4) is 0 Å². The molecular formula is C21H26ClN3O3. The third-order valence-electron chi connectivity index (χ3n) is 4.58. The highest BCUT2D eigenvalue weighted by Crippen LogP contribution is 2.30. The molecule has 3 rings (SSSR count). The maximum Gasteiger partial charge on any atom is 0.262 e. The van der Waals surface area contributed by atoms with Crippen molar-refractivity contribution in [3.63, 3.8) is 0 Å². The Bertz CT molecular complexity index is 790. The van der Waals surface area contributed by atoms with E-state index in [0.717, 1.165) is 37.6 Å². The molecule has 1 amide bonds. The molecule has 0 aliphatic carbocycles. The minimum absolute atomic E-state index is 0.0807. The average Bonchev–Trinajstić information content (AvgIpc) is 2.69. The van der Waals surface area contributed by atoms with E-state index in [9.17, 15) is 4.79 Å². The first-order valence-electron chi connectivity index (χ1n) is 9.43. The normalized spacial score (nSPS) is 14.6. The van der Waals surface area contributed by atoms with E-state index in [-0.39, 0.29) is 12.5 Å². The van der Waals surface area contributed by atoms with Crippen molar-refractivity contribution in [2.24, 2.45) is 0 Å². The minimum Gasteiger partial charge on any atom is -0.494 e. The molecule has 1 fully saturated rings. The highest BCUT2D eigenvalue weighted by Gasteiger charge is 2.18. The van der Waals surface area contributed by atoms with E-state index in [1.807, 2.05) is 31.2 Å². The van der Waals surface area contributed by atoms with Crippen LogP contribution in [0.25, 0.3) is 0 Å². The number of halogens is 1. The second-order valence-corrected chi connectivity index (χ2v) is 7.13. The molecule has 0 radical (unpaired) electrons. The van der Waals surface area contributed by atoms with Crippen molar-refractivity contribution in [3.8, 4) is 11.5 Å². The molecule has 1 heterocycles. The summed E-state index contributed by atoms with van der Waals surface area (Å²) in [5.74, 6) is 1.16. The van der Waals surface area contributed by atoms with Crippen molar-refractivity contribution in [1.82, 2.24) is 4.90 Å². The number of nitrogens with zero attached hydrogens (tertiary/aromatic N) is 2. The van der Waals surface area contributed by atoms with Gasteiger partial charge in [-0.05, 0) is 56.4 Å². The van der Waals surface area contributed by atoms with E-state index >= 15 is 0 Å². The van der Waals surface area contributed by atoms with Crippen molar-refractivity contribution < 1.29 is 14.3 Å². The van der Waals surface area contributed by atoms with Gasteiger partial charge in [-0.15, -0.1) is 0 Å². The zero-order valence-electron chi connectivity index (χ0n) is 16.3. The molecule has 1 aliphatic heterocycles. The van der Waals surface area contributed by atoms with Crippen molar-refractivity contribution in [2.45, 2.75) is 6.92 Å². The van der Waals surface area contributed by atoms with Gasteiger partial charge in [0.2, 0.25) is 0 Å². The number of amides is 1. The summed E-state index contributed by atoms with van der Waals surface area (Å²) in [5, 5.41) is 3.52. The lowest BCUT2D eigenvalue weighted by molar-refractivity contribution is -0.118. The summed E-state index contributed by atoms with van der Waals surface area (Å²) in [7, 11) is 2.11. The van der Waals surface area contributed by atoms with Gasteiger partial charge in [-0.3, -0.25) is 4.79 Å². The number of ether oxygens (including phenoxy) is 2. The van der Waals surface area contributed by atoms with E-state index in [2.05, 4.69) is 22.2 Å². The Balaban J connectivity index is 1.60. The Morgan fingerprint density at radius 3 is 2.32 bits per heavy atom. The maximum atomic E-state index is 12.4. The maximum absolute atomic E-state index is 12.4. The largest absolute Gasteiger partial charge is 0.494 e. The number of benzene rings is 2. The van der Waals surface area contributed by atoms with Crippen molar-refractivity contribution in [1.29, 1.82) is 0 Å². The first-order valence-corrected chi connectivity index (χ1v) is 9.81. The monoisotopic (exact) mass is 403 g/mol. The van der Waals surface area contributed by atoms with Crippen LogP contribution in [0.1, 0.15) is 6.92 Å². The third-order valence-corrected chi connectivity index (χ3v) is 4.82. The number of carbonyl (C=O) groups is 1. The van der Waals surface area contributed by atoms with Gasteiger partial charge in [0, 0.05) is 31.2 Å². The van der Waals surface area contributed by atoms with Gasteiger partial charge in [-0.25, -0.2) is 0 Å². The molecule has 0 atom stereocenters. The van der Waals surface area contributed by atoms with Crippen molar-refractivity contribution in [2.75, 3.05) is 56.7 Å². The topological polar surface area (TPSA) is 54.0 Å². The summed E-state index contributed by atoms with van der Waals surface area (Å²) in [6.45, 7) is 6.24. The van der Waals surface area contributed by atoms with E-state index in [0.29, 0.717) is 23.1 Å². The Labute approximate surface area is 171 Å². The molecule has 0 unspecified atom stereocenters. The van der Waals surface area contributed by atoms with Gasteiger partial charge in [-0.1, -0.05) is 11.6 Å². The number of likely N-dealkylation sites (N-methyl/N-ethyl adjacent to an activating group) is 1. The Kier molecular flexibility index (Phi) is 7.01. The van der Waals surface area contributed by atoms with Crippen LogP contribution >= 0.6 is 11.6 Å². The van der Waals surface area contributed by atoms with Crippen molar-refractivity contribution in [3.05, 3.63) is 47.5 Å². The number of hydrogen-bond donors (Lipinski definition) is 1. The fourth-order valence-corrected chi connectivity index (χ4v) is 3.24. The number of carbonyl (C=O) groups excluding carboxylic acids is 1. The van der Waals surface area contributed by atoms with Crippen LogP contribution in [0, 0.1) is 0 Å². The van der Waals surface area contributed by atoms with Crippen LogP contribution in [-0.2, 0) is 4.79 Å².